The molecule has 1 aliphatic rings. The van der Waals surface area contributed by atoms with Crippen molar-refractivity contribution in [3.8, 4) is 0 Å². The van der Waals surface area contributed by atoms with Crippen LogP contribution in [0, 0.1) is 0 Å². The topological polar surface area (TPSA) is 93.3 Å². The van der Waals surface area contributed by atoms with Gasteiger partial charge >= 0.3 is 0 Å². The van der Waals surface area contributed by atoms with Crippen LogP contribution in [0.3, 0.4) is 0 Å². The first-order chi connectivity index (χ1) is 8.64. The van der Waals surface area contributed by atoms with Crippen LogP contribution in [-0.4, -0.2) is 48.0 Å². The van der Waals surface area contributed by atoms with Crippen molar-refractivity contribution in [2.75, 3.05) is 6.61 Å². The Morgan fingerprint density at radius 1 is 1.56 bits per heavy atom. The molecule has 0 aromatic carbocycles. The van der Waals surface area contributed by atoms with Crippen LogP contribution >= 0.6 is 0 Å². The van der Waals surface area contributed by atoms with Crippen LogP contribution in [-0.2, 0) is 4.74 Å². The molecule has 0 spiro atoms. The second kappa shape index (κ2) is 3.98. The van der Waals surface area contributed by atoms with E-state index < -0.39 is 11.7 Å². The highest BCUT2D eigenvalue weighted by Gasteiger charge is 2.45. The second-order valence-corrected chi connectivity index (χ2v) is 4.68. The van der Waals surface area contributed by atoms with Gasteiger partial charge in [-0.15, -0.1) is 0 Å². The molecule has 18 heavy (non-hydrogen) atoms. The largest absolute Gasteiger partial charge is 0.393 e. The predicted octanol–water partition coefficient (Wildman–Crippen LogP) is -0.143. The monoisotopic (exact) mass is 250 g/mol. The molecule has 0 aliphatic carbocycles. The average molecular weight is 250 g/mol. The van der Waals surface area contributed by atoms with Gasteiger partial charge in [-0.3, -0.25) is 4.57 Å². The van der Waals surface area contributed by atoms with Gasteiger partial charge in [0.05, 0.1) is 25.2 Å². The Morgan fingerprint density at radius 2 is 2.39 bits per heavy atom. The van der Waals surface area contributed by atoms with Crippen molar-refractivity contribution >= 4 is 11.2 Å². The first-order valence-corrected chi connectivity index (χ1v) is 5.73. The third-order valence-corrected chi connectivity index (χ3v) is 3.40. The normalized spacial score (nSPS) is 32.2. The fourth-order valence-corrected chi connectivity index (χ4v) is 2.19. The lowest BCUT2D eigenvalue weighted by atomic mass is 10.0. The summed E-state index contributed by atoms with van der Waals surface area (Å²) < 4.78 is 7.48. The Kier molecular flexibility index (Phi) is 2.54. The van der Waals surface area contributed by atoms with E-state index in [2.05, 4.69) is 15.0 Å². The van der Waals surface area contributed by atoms with E-state index in [0.717, 1.165) is 0 Å². The molecule has 3 atom stereocenters. The van der Waals surface area contributed by atoms with E-state index in [1.807, 2.05) is 0 Å². The van der Waals surface area contributed by atoms with E-state index in [1.54, 1.807) is 24.0 Å². The maximum atomic E-state index is 9.94. The molecular weight excluding hydrogens is 236 g/mol. The zero-order valence-electron chi connectivity index (χ0n) is 9.89. The summed E-state index contributed by atoms with van der Waals surface area (Å²) in [5.41, 5.74) is 0.395. The summed E-state index contributed by atoms with van der Waals surface area (Å²) >= 11 is 0. The lowest BCUT2D eigenvalue weighted by Gasteiger charge is -2.24. The van der Waals surface area contributed by atoms with Crippen LogP contribution in [0.25, 0.3) is 11.2 Å². The van der Waals surface area contributed by atoms with Gasteiger partial charge in [-0.1, -0.05) is 0 Å². The molecular formula is C11H14N4O3. The molecule has 0 saturated carbocycles. The number of hydrogen-bond donors (Lipinski definition) is 2. The summed E-state index contributed by atoms with van der Waals surface area (Å²) in [6.45, 7) is 1.46. The maximum Gasteiger partial charge on any atom is 0.165 e. The van der Waals surface area contributed by atoms with Crippen LogP contribution in [0.15, 0.2) is 18.9 Å². The first-order valence-electron chi connectivity index (χ1n) is 5.73. The van der Waals surface area contributed by atoms with Crippen LogP contribution in [0.5, 0.6) is 0 Å². The predicted molar refractivity (Wildman–Crippen MR) is 61.6 cm³/mol. The minimum atomic E-state index is -0.936. The Morgan fingerprint density at radius 3 is 3.11 bits per heavy atom. The number of ether oxygens (including phenoxy) is 1. The van der Waals surface area contributed by atoms with E-state index in [1.165, 1.54) is 6.33 Å². The van der Waals surface area contributed by atoms with Gasteiger partial charge in [-0.05, 0) is 6.92 Å². The molecule has 96 valence electrons. The van der Waals surface area contributed by atoms with E-state index >= 15 is 0 Å². The van der Waals surface area contributed by atoms with Gasteiger partial charge in [0.2, 0.25) is 0 Å². The highest BCUT2D eigenvalue weighted by molar-refractivity contribution is 5.68. The summed E-state index contributed by atoms with van der Waals surface area (Å²) in [4.78, 5) is 12.2. The molecule has 3 rings (SSSR count). The molecule has 1 fully saturated rings. The van der Waals surface area contributed by atoms with Crippen molar-refractivity contribution < 1.29 is 14.9 Å². The summed E-state index contributed by atoms with van der Waals surface area (Å²) in [7, 11) is 0. The minimum Gasteiger partial charge on any atom is -0.393 e. The zero-order chi connectivity index (χ0) is 12.8. The highest BCUT2D eigenvalue weighted by atomic mass is 16.6. The Labute approximate surface area is 103 Å². The minimum absolute atomic E-state index is 0.230. The van der Waals surface area contributed by atoms with Crippen LogP contribution in [0.1, 0.15) is 19.6 Å². The van der Waals surface area contributed by atoms with Crippen molar-refractivity contribution in [2.24, 2.45) is 0 Å². The number of aliphatic hydroxyl groups excluding tert-OH is 2. The number of hydrogen-bond acceptors (Lipinski definition) is 6. The lowest BCUT2D eigenvalue weighted by Crippen LogP contribution is -2.39. The second-order valence-electron chi connectivity index (χ2n) is 4.68. The van der Waals surface area contributed by atoms with Gasteiger partial charge in [-0.2, -0.15) is 0 Å². The fourth-order valence-electron chi connectivity index (χ4n) is 2.19. The Bertz CT molecular complexity index is 572. The van der Waals surface area contributed by atoms with Gasteiger partial charge in [0.25, 0.3) is 0 Å². The quantitative estimate of drug-likeness (QED) is 0.770. The van der Waals surface area contributed by atoms with Crippen molar-refractivity contribution in [1.29, 1.82) is 0 Å². The van der Waals surface area contributed by atoms with Crippen LogP contribution < -0.4 is 0 Å². The first kappa shape index (κ1) is 11.5. The molecule has 1 saturated heterocycles. The van der Waals surface area contributed by atoms with Crippen LogP contribution in [0.2, 0.25) is 0 Å². The zero-order valence-corrected chi connectivity index (χ0v) is 9.89. The van der Waals surface area contributed by atoms with Gasteiger partial charge in [0, 0.05) is 6.42 Å². The summed E-state index contributed by atoms with van der Waals surface area (Å²) in [6.07, 6.45) is 3.97. The van der Waals surface area contributed by atoms with E-state index in [-0.39, 0.29) is 12.8 Å². The maximum absolute atomic E-state index is 9.94. The number of imidazole rings is 1. The summed E-state index contributed by atoms with van der Waals surface area (Å²) in [5, 5.41) is 19.2. The van der Waals surface area contributed by atoms with Crippen molar-refractivity contribution in [1.82, 2.24) is 19.5 Å². The van der Waals surface area contributed by atoms with E-state index in [9.17, 15) is 10.2 Å². The number of rotatable bonds is 2. The van der Waals surface area contributed by atoms with Gasteiger partial charge in [-0.25, -0.2) is 15.0 Å². The Balaban J connectivity index is 1.97. The lowest BCUT2D eigenvalue weighted by molar-refractivity contribution is -0.115. The molecule has 0 radical (unpaired) electrons. The van der Waals surface area contributed by atoms with Gasteiger partial charge in [0.1, 0.15) is 23.7 Å². The number of aliphatic hydroxyl groups is 2. The van der Waals surface area contributed by atoms with Crippen molar-refractivity contribution in [3.63, 3.8) is 0 Å². The van der Waals surface area contributed by atoms with Gasteiger partial charge < -0.3 is 14.9 Å². The molecule has 7 heteroatoms. The van der Waals surface area contributed by atoms with Crippen LogP contribution in [0.4, 0.5) is 0 Å². The Hall–Kier alpha value is -1.57. The summed E-state index contributed by atoms with van der Waals surface area (Å²) in [6, 6.07) is 0. The smallest absolute Gasteiger partial charge is 0.165 e. The number of aromatic nitrogens is 4. The molecule has 2 aromatic heterocycles. The number of fused-ring (bicyclic) bond motifs is 1. The standard InChI is InChI=1S/C11H14N4O3/c1-11(4-16)8(17)2-9(18-11)15-6-14-7-3-12-5-13-10(7)15/h3,5-6,8-9,16-17H,2,4H2,1H3/t8-,9+,11+/m0/s1. The van der Waals surface area contributed by atoms with E-state index in [0.29, 0.717) is 17.6 Å². The van der Waals surface area contributed by atoms with E-state index in [4.69, 9.17) is 4.74 Å². The van der Waals surface area contributed by atoms with Crippen molar-refractivity contribution in [2.45, 2.75) is 31.3 Å². The number of nitrogens with zero attached hydrogens (tertiary/aromatic N) is 4. The molecule has 7 nitrogen and oxygen atoms in total. The molecule has 0 amide bonds. The van der Waals surface area contributed by atoms with Gasteiger partial charge in [0.15, 0.2) is 5.65 Å². The molecule has 1 aliphatic heterocycles. The third kappa shape index (κ3) is 1.59. The fraction of sp³-hybridized carbons (Fsp3) is 0.545. The highest BCUT2D eigenvalue weighted by Crippen LogP contribution is 2.37. The average Bonchev–Trinajstić information content (AvgIpc) is 2.92. The molecule has 0 unspecified atom stereocenters. The molecule has 2 aromatic rings. The van der Waals surface area contributed by atoms with Crippen molar-refractivity contribution in [3.05, 3.63) is 18.9 Å². The molecule has 2 N–H and O–H groups in total. The third-order valence-electron chi connectivity index (χ3n) is 3.40. The molecule has 3 heterocycles. The summed E-state index contributed by atoms with van der Waals surface area (Å²) in [5.74, 6) is 0. The molecule has 0 bridgehead atoms. The SMILES string of the molecule is C[C@]1(CO)O[C@@H](n2cnc3cncnc32)C[C@@H]1O.